The molecule has 0 saturated carbocycles. The average Bonchev–Trinajstić information content (AvgIpc) is 2.34. The number of hydrogen-bond acceptors (Lipinski definition) is 5. The summed E-state index contributed by atoms with van der Waals surface area (Å²) < 4.78 is 0. The van der Waals surface area contributed by atoms with Crippen LogP contribution in [0.5, 0.6) is 0 Å². The molecule has 5 heteroatoms. The molecule has 0 aliphatic heterocycles. The third-order valence-electron chi connectivity index (χ3n) is 0.819. The number of nitrogens with zero attached hydrogens (tertiary/aromatic N) is 2. The van der Waals surface area contributed by atoms with Gasteiger partial charge in [0, 0.05) is 12.3 Å². The molecule has 9 heavy (non-hydrogen) atoms. The van der Waals surface area contributed by atoms with Gasteiger partial charge in [0.25, 0.3) is 0 Å². The first-order valence-corrected chi connectivity index (χ1v) is 3.94. The van der Waals surface area contributed by atoms with Crippen molar-refractivity contribution in [2.45, 2.75) is 12.3 Å². The molecule has 0 aliphatic rings. The summed E-state index contributed by atoms with van der Waals surface area (Å²) in [5, 5.41) is 9.42. The Bertz CT molecular complexity index is 167. The Morgan fingerprint density at radius 2 is 2.11 bits per heavy atom. The first-order valence-electron chi connectivity index (χ1n) is 2.49. The van der Waals surface area contributed by atoms with Crippen LogP contribution in [0.15, 0.2) is 0 Å². The lowest BCUT2D eigenvalue weighted by Crippen LogP contribution is -1.94. The van der Waals surface area contributed by atoms with Crippen molar-refractivity contribution in [1.29, 1.82) is 0 Å². The molecular weight excluding hydrogens is 154 g/mol. The van der Waals surface area contributed by atoms with E-state index >= 15 is 0 Å². The number of rotatable bonds is 2. The van der Waals surface area contributed by atoms with Crippen LogP contribution in [0.25, 0.3) is 0 Å². The lowest BCUT2D eigenvalue weighted by Gasteiger charge is -1.78. The van der Waals surface area contributed by atoms with Crippen LogP contribution in [-0.4, -0.2) is 10.2 Å². The molecule has 3 nitrogen and oxygen atoms in total. The second-order valence-electron chi connectivity index (χ2n) is 1.45. The first kappa shape index (κ1) is 6.98. The Morgan fingerprint density at radius 3 is 2.44 bits per heavy atom. The van der Waals surface area contributed by atoms with E-state index in [0.29, 0.717) is 12.3 Å². The van der Waals surface area contributed by atoms with E-state index in [9.17, 15) is 0 Å². The van der Waals surface area contributed by atoms with Crippen LogP contribution in [0.1, 0.15) is 10.0 Å². The van der Waals surface area contributed by atoms with Crippen LogP contribution in [0, 0.1) is 0 Å². The van der Waals surface area contributed by atoms with Gasteiger partial charge in [-0.1, -0.05) is 11.3 Å². The smallest absolute Gasteiger partial charge is 0.131 e. The summed E-state index contributed by atoms with van der Waals surface area (Å²) in [5.74, 6) is 0.650. The predicted octanol–water partition coefficient (Wildman–Crippen LogP) is 0.427. The quantitative estimate of drug-likeness (QED) is 0.618. The minimum atomic E-state index is 0.478. The first-order chi connectivity index (χ1) is 4.36. The van der Waals surface area contributed by atoms with Crippen molar-refractivity contribution in [3.63, 3.8) is 0 Å². The third kappa shape index (κ3) is 1.64. The standard InChI is InChI=1S/C4H7N3S2/c5-1-3-6-7-4(2-8)9-3/h8H,1-2,5H2. The predicted molar refractivity (Wildman–Crippen MR) is 40.5 cm³/mol. The van der Waals surface area contributed by atoms with E-state index in [1.165, 1.54) is 11.3 Å². The lowest BCUT2D eigenvalue weighted by molar-refractivity contribution is 0.942. The molecule has 2 N–H and O–H groups in total. The molecule has 50 valence electrons. The SMILES string of the molecule is NCc1nnc(CS)s1. The Labute approximate surface area is 62.7 Å². The fraction of sp³-hybridized carbons (Fsp3) is 0.500. The fourth-order valence-corrected chi connectivity index (χ4v) is 1.27. The molecule has 0 unspecified atom stereocenters. The molecule has 0 aromatic carbocycles. The summed E-state index contributed by atoms with van der Waals surface area (Å²) in [6.45, 7) is 0.478. The minimum absolute atomic E-state index is 0.478. The zero-order chi connectivity index (χ0) is 6.69. The minimum Gasteiger partial charge on any atom is -0.324 e. The monoisotopic (exact) mass is 161 g/mol. The van der Waals surface area contributed by atoms with Crippen LogP contribution in [0.2, 0.25) is 0 Å². The van der Waals surface area contributed by atoms with Gasteiger partial charge in [0.15, 0.2) is 0 Å². The topological polar surface area (TPSA) is 51.8 Å². The van der Waals surface area contributed by atoms with Gasteiger partial charge in [0.05, 0.1) is 0 Å². The highest BCUT2D eigenvalue weighted by Crippen LogP contribution is 2.09. The Kier molecular flexibility index (Phi) is 2.44. The number of thiol groups is 1. The molecule has 0 bridgehead atoms. The van der Waals surface area contributed by atoms with Gasteiger partial charge in [-0.05, 0) is 0 Å². The Hall–Kier alpha value is -0.130. The Morgan fingerprint density at radius 1 is 1.44 bits per heavy atom. The molecule has 1 rings (SSSR count). The summed E-state index contributed by atoms with van der Waals surface area (Å²) in [7, 11) is 0. The average molecular weight is 161 g/mol. The molecule has 0 saturated heterocycles. The van der Waals surface area contributed by atoms with Crippen molar-refractivity contribution in [2.75, 3.05) is 0 Å². The summed E-state index contributed by atoms with van der Waals surface area (Å²) in [6, 6.07) is 0. The molecule has 0 spiro atoms. The normalized spacial score (nSPS) is 10.0. The highest BCUT2D eigenvalue weighted by atomic mass is 32.1. The maximum absolute atomic E-state index is 5.30. The molecule has 0 fully saturated rings. The van der Waals surface area contributed by atoms with E-state index in [1.54, 1.807) is 0 Å². The van der Waals surface area contributed by atoms with Crippen LogP contribution in [-0.2, 0) is 12.3 Å². The van der Waals surface area contributed by atoms with Gasteiger partial charge in [-0.25, -0.2) is 0 Å². The molecule has 1 heterocycles. The summed E-state index contributed by atoms with van der Waals surface area (Å²) >= 11 is 5.54. The summed E-state index contributed by atoms with van der Waals surface area (Å²) in [4.78, 5) is 0. The maximum Gasteiger partial charge on any atom is 0.131 e. The zero-order valence-electron chi connectivity index (χ0n) is 4.74. The largest absolute Gasteiger partial charge is 0.324 e. The lowest BCUT2D eigenvalue weighted by atomic mass is 10.7. The van der Waals surface area contributed by atoms with E-state index < -0.39 is 0 Å². The van der Waals surface area contributed by atoms with Gasteiger partial charge in [0.1, 0.15) is 10.0 Å². The summed E-state index contributed by atoms with van der Waals surface area (Å²) in [5.41, 5.74) is 5.30. The van der Waals surface area contributed by atoms with Crippen molar-refractivity contribution in [3.8, 4) is 0 Å². The fourth-order valence-electron chi connectivity index (χ4n) is 0.435. The molecule has 0 amide bonds. The number of hydrogen-bond donors (Lipinski definition) is 2. The van der Waals surface area contributed by atoms with E-state index in [0.717, 1.165) is 10.0 Å². The van der Waals surface area contributed by atoms with Gasteiger partial charge in [-0.15, -0.1) is 10.2 Å². The molecule has 0 radical (unpaired) electrons. The number of aromatic nitrogens is 2. The third-order valence-corrected chi connectivity index (χ3v) is 2.28. The van der Waals surface area contributed by atoms with Crippen LogP contribution in [0.3, 0.4) is 0 Å². The van der Waals surface area contributed by atoms with Crippen LogP contribution < -0.4 is 5.73 Å². The Balaban J connectivity index is 2.74. The maximum atomic E-state index is 5.30. The molecule has 1 aromatic heterocycles. The summed E-state index contributed by atoms with van der Waals surface area (Å²) in [6.07, 6.45) is 0. The van der Waals surface area contributed by atoms with Crippen molar-refractivity contribution in [2.24, 2.45) is 5.73 Å². The molecule has 1 aromatic rings. The number of nitrogens with two attached hydrogens (primary N) is 1. The van der Waals surface area contributed by atoms with Crippen molar-refractivity contribution in [3.05, 3.63) is 10.0 Å². The van der Waals surface area contributed by atoms with Crippen LogP contribution >= 0.6 is 24.0 Å². The van der Waals surface area contributed by atoms with Crippen LogP contribution in [0.4, 0.5) is 0 Å². The van der Waals surface area contributed by atoms with Gasteiger partial charge < -0.3 is 5.73 Å². The van der Waals surface area contributed by atoms with E-state index in [2.05, 4.69) is 22.8 Å². The second-order valence-corrected chi connectivity index (χ2v) is 2.91. The van der Waals surface area contributed by atoms with E-state index in [1.807, 2.05) is 0 Å². The van der Waals surface area contributed by atoms with Gasteiger partial charge >= 0.3 is 0 Å². The van der Waals surface area contributed by atoms with Gasteiger partial charge in [-0.3, -0.25) is 0 Å². The van der Waals surface area contributed by atoms with Gasteiger partial charge in [-0.2, -0.15) is 12.6 Å². The van der Waals surface area contributed by atoms with E-state index in [-0.39, 0.29) is 0 Å². The highest BCUT2D eigenvalue weighted by molar-refractivity contribution is 7.79. The van der Waals surface area contributed by atoms with Gasteiger partial charge in [0.2, 0.25) is 0 Å². The highest BCUT2D eigenvalue weighted by Gasteiger charge is 1.97. The van der Waals surface area contributed by atoms with E-state index in [4.69, 9.17) is 5.73 Å². The second kappa shape index (κ2) is 3.14. The molecular formula is C4H7N3S2. The van der Waals surface area contributed by atoms with Crippen molar-refractivity contribution < 1.29 is 0 Å². The van der Waals surface area contributed by atoms with Crippen molar-refractivity contribution in [1.82, 2.24) is 10.2 Å². The zero-order valence-corrected chi connectivity index (χ0v) is 6.45. The molecule has 0 aliphatic carbocycles. The molecule has 0 atom stereocenters. The van der Waals surface area contributed by atoms with Crippen molar-refractivity contribution >= 4 is 24.0 Å².